The zero-order valence-corrected chi connectivity index (χ0v) is 7.33. The Hall–Kier alpha value is -0.650. The summed E-state index contributed by atoms with van der Waals surface area (Å²) in [5.74, 6) is 0. The number of aromatic nitrogens is 2. The molecule has 0 fully saturated rings. The maximum atomic E-state index is 11.8. The summed E-state index contributed by atoms with van der Waals surface area (Å²) in [6.45, 7) is 1.70. The lowest BCUT2D eigenvalue weighted by atomic mass is 10.5. The van der Waals surface area contributed by atoms with Crippen LogP contribution in [0.3, 0.4) is 0 Å². The van der Waals surface area contributed by atoms with Gasteiger partial charge in [-0.25, -0.2) is 4.98 Å². The van der Waals surface area contributed by atoms with E-state index in [1.54, 1.807) is 14.0 Å². The van der Waals surface area contributed by atoms with Crippen molar-refractivity contribution in [1.82, 2.24) is 9.55 Å². The number of hydrogen-bond acceptors (Lipinski definition) is 2. The van der Waals surface area contributed by atoms with Gasteiger partial charge >= 0.3 is 5.51 Å². The van der Waals surface area contributed by atoms with Gasteiger partial charge in [0.2, 0.25) is 0 Å². The molecule has 0 aromatic carbocycles. The van der Waals surface area contributed by atoms with Gasteiger partial charge in [-0.15, -0.1) is 0 Å². The van der Waals surface area contributed by atoms with Crippen LogP contribution >= 0.6 is 11.8 Å². The molecule has 6 heteroatoms. The van der Waals surface area contributed by atoms with Crippen LogP contribution in [0.5, 0.6) is 0 Å². The molecular weight excluding hydrogens is 189 g/mol. The summed E-state index contributed by atoms with van der Waals surface area (Å²) in [5.41, 5.74) is -3.55. The summed E-state index contributed by atoms with van der Waals surface area (Å²) in [4.78, 5) is 3.61. The third-order valence-electron chi connectivity index (χ3n) is 1.38. The van der Waals surface area contributed by atoms with E-state index in [-0.39, 0.29) is 16.9 Å². The van der Waals surface area contributed by atoms with Crippen LogP contribution < -0.4 is 0 Å². The van der Waals surface area contributed by atoms with E-state index in [1.165, 1.54) is 10.8 Å². The van der Waals surface area contributed by atoms with Crippen LogP contribution in [-0.4, -0.2) is 15.1 Å². The van der Waals surface area contributed by atoms with Gasteiger partial charge in [0.15, 0.2) is 5.16 Å². The van der Waals surface area contributed by atoms with E-state index in [0.717, 1.165) is 0 Å². The lowest BCUT2D eigenvalue weighted by Crippen LogP contribution is -2.03. The molecule has 0 N–H and O–H groups in total. The van der Waals surface area contributed by atoms with Crippen molar-refractivity contribution < 1.29 is 13.2 Å². The van der Waals surface area contributed by atoms with E-state index in [1.807, 2.05) is 0 Å². The molecule has 0 atom stereocenters. The van der Waals surface area contributed by atoms with Crippen molar-refractivity contribution in [3.05, 3.63) is 11.9 Å². The third-order valence-corrected chi connectivity index (χ3v) is 2.18. The summed E-state index contributed by atoms with van der Waals surface area (Å²) in [6, 6.07) is 0. The molecule has 1 aromatic heterocycles. The average molecular weight is 196 g/mol. The molecule has 2 nitrogen and oxygen atoms in total. The molecule has 0 amide bonds. The molecule has 0 aliphatic rings. The molecule has 0 saturated carbocycles. The predicted octanol–water partition coefficient (Wildman–Crippen LogP) is 2.34. The van der Waals surface area contributed by atoms with Crippen LogP contribution in [0, 0.1) is 6.92 Å². The first-order chi connectivity index (χ1) is 5.40. The summed E-state index contributed by atoms with van der Waals surface area (Å²) < 4.78 is 36.9. The monoisotopic (exact) mass is 196 g/mol. The molecule has 0 aliphatic carbocycles. The van der Waals surface area contributed by atoms with Crippen LogP contribution in [0.4, 0.5) is 13.2 Å². The topological polar surface area (TPSA) is 17.8 Å². The molecule has 0 spiro atoms. The van der Waals surface area contributed by atoms with E-state index in [0.29, 0.717) is 5.69 Å². The SMILES string of the molecule is Cc1cnc(SC(F)(F)F)n1C. The van der Waals surface area contributed by atoms with E-state index in [2.05, 4.69) is 4.98 Å². The minimum Gasteiger partial charge on any atom is -0.326 e. The van der Waals surface area contributed by atoms with Crippen LogP contribution in [-0.2, 0) is 7.05 Å². The minimum absolute atomic E-state index is 0.0278. The highest BCUT2D eigenvalue weighted by Crippen LogP contribution is 2.35. The second-order valence-electron chi connectivity index (χ2n) is 2.29. The highest BCUT2D eigenvalue weighted by Gasteiger charge is 2.31. The Kier molecular flexibility index (Phi) is 2.36. The maximum Gasteiger partial charge on any atom is 0.449 e. The summed E-state index contributed by atoms with van der Waals surface area (Å²) in [7, 11) is 1.55. The van der Waals surface area contributed by atoms with E-state index in [9.17, 15) is 13.2 Å². The molecule has 68 valence electrons. The molecular formula is C6H7F3N2S. The molecule has 1 rings (SSSR count). The van der Waals surface area contributed by atoms with Gasteiger partial charge in [0, 0.05) is 30.7 Å². The first-order valence-electron chi connectivity index (χ1n) is 3.14. The first kappa shape index (κ1) is 9.44. The number of thioether (sulfide) groups is 1. The number of hydrogen-bond donors (Lipinski definition) is 0. The van der Waals surface area contributed by atoms with Crippen molar-refractivity contribution >= 4 is 11.8 Å². The van der Waals surface area contributed by atoms with Gasteiger partial charge < -0.3 is 4.57 Å². The Morgan fingerprint density at radius 2 is 2.08 bits per heavy atom. The van der Waals surface area contributed by atoms with Crippen molar-refractivity contribution in [2.45, 2.75) is 17.6 Å². The van der Waals surface area contributed by atoms with Crippen molar-refractivity contribution in [3.8, 4) is 0 Å². The van der Waals surface area contributed by atoms with Crippen LogP contribution in [0.1, 0.15) is 5.69 Å². The number of nitrogens with zero attached hydrogens (tertiary/aromatic N) is 2. The lowest BCUT2D eigenvalue weighted by Gasteiger charge is -2.05. The molecule has 1 heterocycles. The van der Waals surface area contributed by atoms with E-state index in [4.69, 9.17) is 0 Å². The average Bonchev–Trinajstić information content (AvgIpc) is 2.16. The number of aryl methyl sites for hydroxylation is 1. The highest BCUT2D eigenvalue weighted by atomic mass is 32.2. The number of rotatable bonds is 1. The number of alkyl halides is 3. The molecule has 1 aromatic rings. The van der Waals surface area contributed by atoms with Crippen molar-refractivity contribution in [3.63, 3.8) is 0 Å². The van der Waals surface area contributed by atoms with Gasteiger partial charge in [-0.05, 0) is 6.92 Å². The molecule has 0 saturated heterocycles. The van der Waals surface area contributed by atoms with Gasteiger partial charge in [0.25, 0.3) is 0 Å². The summed E-state index contributed by atoms with van der Waals surface area (Å²) in [6.07, 6.45) is 1.41. The Bertz CT molecular complexity index is 279. The maximum absolute atomic E-state index is 11.8. The summed E-state index contributed by atoms with van der Waals surface area (Å²) in [5, 5.41) is -0.0278. The fourth-order valence-corrected chi connectivity index (χ4v) is 1.26. The Balaban J connectivity index is 2.83. The van der Waals surface area contributed by atoms with Gasteiger partial charge in [-0.1, -0.05) is 0 Å². The van der Waals surface area contributed by atoms with E-state index < -0.39 is 5.51 Å². The number of imidazole rings is 1. The third kappa shape index (κ3) is 2.17. The number of halogens is 3. The molecule has 0 unspecified atom stereocenters. The van der Waals surface area contributed by atoms with Crippen molar-refractivity contribution in [1.29, 1.82) is 0 Å². The lowest BCUT2D eigenvalue weighted by molar-refractivity contribution is -0.0331. The van der Waals surface area contributed by atoms with Crippen LogP contribution in [0.15, 0.2) is 11.4 Å². The first-order valence-corrected chi connectivity index (χ1v) is 3.96. The highest BCUT2D eigenvalue weighted by molar-refractivity contribution is 8.00. The Labute approximate surface area is 71.8 Å². The fraction of sp³-hybridized carbons (Fsp3) is 0.500. The molecule has 0 radical (unpaired) electrons. The fourth-order valence-electron chi connectivity index (χ4n) is 0.671. The van der Waals surface area contributed by atoms with E-state index >= 15 is 0 Å². The van der Waals surface area contributed by atoms with Crippen LogP contribution in [0.2, 0.25) is 0 Å². The molecule has 0 bridgehead atoms. The zero-order chi connectivity index (χ0) is 9.35. The minimum atomic E-state index is -4.26. The standard InChI is InChI=1S/C6H7F3N2S/c1-4-3-10-5(11(4)2)12-6(7,8)9/h3H,1-2H3. The van der Waals surface area contributed by atoms with Gasteiger partial charge in [0.05, 0.1) is 0 Å². The second-order valence-corrected chi connectivity index (χ2v) is 3.32. The van der Waals surface area contributed by atoms with Crippen molar-refractivity contribution in [2.75, 3.05) is 0 Å². The van der Waals surface area contributed by atoms with Gasteiger partial charge in [-0.2, -0.15) is 13.2 Å². The van der Waals surface area contributed by atoms with Crippen LogP contribution in [0.25, 0.3) is 0 Å². The van der Waals surface area contributed by atoms with Gasteiger partial charge in [0.1, 0.15) is 0 Å². The predicted molar refractivity (Wildman–Crippen MR) is 39.9 cm³/mol. The molecule has 12 heavy (non-hydrogen) atoms. The summed E-state index contributed by atoms with van der Waals surface area (Å²) >= 11 is -0.200. The largest absolute Gasteiger partial charge is 0.449 e. The Morgan fingerprint density at radius 1 is 1.50 bits per heavy atom. The smallest absolute Gasteiger partial charge is 0.326 e. The molecule has 0 aliphatic heterocycles. The van der Waals surface area contributed by atoms with Crippen molar-refractivity contribution in [2.24, 2.45) is 7.05 Å². The second kappa shape index (κ2) is 3.01. The quantitative estimate of drug-likeness (QED) is 0.641. The Morgan fingerprint density at radius 3 is 2.42 bits per heavy atom. The van der Waals surface area contributed by atoms with Gasteiger partial charge in [-0.3, -0.25) is 0 Å². The normalized spacial score (nSPS) is 12.1. The zero-order valence-electron chi connectivity index (χ0n) is 6.51.